The van der Waals surface area contributed by atoms with E-state index >= 15 is 0 Å². The molecule has 0 saturated carbocycles. The predicted octanol–water partition coefficient (Wildman–Crippen LogP) is 1.30. The lowest BCUT2D eigenvalue weighted by molar-refractivity contribution is 0.561. The Morgan fingerprint density at radius 2 is 2.10 bits per heavy atom. The summed E-state index contributed by atoms with van der Waals surface area (Å²) in [6.07, 6.45) is 2.48. The van der Waals surface area contributed by atoms with Gasteiger partial charge >= 0.3 is 0 Å². The van der Waals surface area contributed by atoms with Crippen LogP contribution in [0.15, 0.2) is 41.4 Å². The summed E-state index contributed by atoms with van der Waals surface area (Å²) < 4.78 is 27.6. The number of hydrogen-bond acceptors (Lipinski definition) is 4. The van der Waals surface area contributed by atoms with Gasteiger partial charge in [0.2, 0.25) is 10.0 Å². The van der Waals surface area contributed by atoms with Crippen molar-refractivity contribution >= 4 is 33.3 Å². The van der Waals surface area contributed by atoms with E-state index in [9.17, 15) is 8.42 Å². The second-order valence-electron chi connectivity index (χ2n) is 4.64. The topological polar surface area (TPSA) is 71.1 Å². The van der Waals surface area contributed by atoms with Crippen molar-refractivity contribution in [2.75, 3.05) is 13.1 Å². The smallest absolute Gasteiger partial charge is 0.241 e. The van der Waals surface area contributed by atoms with E-state index in [1.807, 2.05) is 6.07 Å². The zero-order valence-electron chi connectivity index (χ0n) is 10.7. The Hall–Kier alpha value is -1.21. The van der Waals surface area contributed by atoms with Crippen LogP contribution in [0.1, 0.15) is 6.42 Å². The average molecular weight is 314 g/mol. The van der Waals surface area contributed by atoms with E-state index in [1.165, 1.54) is 0 Å². The molecular formula is C13H16ClN3O2S. The molecule has 2 aromatic rings. The summed E-state index contributed by atoms with van der Waals surface area (Å²) in [6, 6.07) is 8.65. The molecule has 0 aliphatic carbocycles. The Morgan fingerprint density at radius 3 is 2.85 bits per heavy atom. The minimum atomic E-state index is -3.50. The Kier molecular flexibility index (Phi) is 4.59. The molecule has 1 aliphatic rings. The van der Waals surface area contributed by atoms with Gasteiger partial charge in [-0.25, -0.2) is 13.1 Å². The van der Waals surface area contributed by atoms with Crippen molar-refractivity contribution < 1.29 is 8.42 Å². The first-order valence-electron chi connectivity index (χ1n) is 6.24. The van der Waals surface area contributed by atoms with Gasteiger partial charge in [-0.3, -0.25) is 4.98 Å². The molecule has 108 valence electrons. The number of hydrogen-bond donors (Lipinski definition) is 2. The van der Waals surface area contributed by atoms with Crippen molar-refractivity contribution in [2.45, 2.75) is 17.4 Å². The van der Waals surface area contributed by atoms with Gasteiger partial charge in [0.15, 0.2) is 0 Å². The van der Waals surface area contributed by atoms with Crippen molar-refractivity contribution in [1.29, 1.82) is 0 Å². The number of rotatable bonds is 3. The van der Waals surface area contributed by atoms with Crippen LogP contribution in [0.3, 0.4) is 0 Å². The molecule has 1 fully saturated rings. The second-order valence-corrected chi connectivity index (χ2v) is 6.32. The van der Waals surface area contributed by atoms with Crippen LogP contribution in [0.2, 0.25) is 0 Å². The Labute approximate surface area is 124 Å². The molecule has 1 aliphatic heterocycles. The standard InChI is InChI=1S/C13H15N3O2S.ClH/c17-19(18,16-10-6-8-14-9-10)13-5-1-4-12-11(13)3-2-7-15-12;/h1-5,7,10,14,16H,6,8-9H2;1H. The number of benzene rings is 1. The summed E-state index contributed by atoms with van der Waals surface area (Å²) >= 11 is 0. The van der Waals surface area contributed by atoms with Crippen LogP contribution < -0.4 is 10.0 Å². The molecular weight excluding hydrogens is 298 g/mol. The lowest BCUT2D eigenvalue weighted by Gasteiger charge is -2.13. The number of nitrogens with zero attached hydrogens (tertiary/aromatic N) is 1. The molecule has 3 rings (SSSR count). The van der Waals surface area contributed by atoms with Gasteiger partial charge in [-0.05, 0) is 37.2 Å². The van der Waals surface area contributed by atoms with Crippen LogP contribution in [-0.2, 0) is 10.0 Å². The largest absolute Gasteiger partial charge is 0.315 e. The van der Waals surface area contributed by atoms with Gasteiger partial charge in [0, 0.05) is 24.2 Å². The zero-order chi connectivity index (χ0) is 13.3. The highest BCUT2D eigenvalue weighted by atomic mass is 35.5. The Bertz CT molecular complexity index is 694. The van der Waals surface area contributed by atoms with E-state index in [4.69, 9.17) is 0 Å². The number of sulfonamides is 1. The third-order valence-electron chi connectivity index (χ3n) is 3.28. The minimum absolute atomic E-state index is 0. The average Bonchev–Trinajstić information content (AvgIpc) is 2.90. The SMILES string of the molecule is Cl.O=S(=O)(NC1CCNC1)c1cccc2ncccc12. The van der Waals surface area contributed by atoms with E-state index < -0.39 is 10.0 Å². The zero-order valence-corrected chi connectivity index (χ0v) is 12.4. The molecule has 2 N–H and O–H groups in total. The normalized spacial score (nSPS) is 18.9. The fraction of sp³-hybridized carbons (Fsp3) is 0.308. The van der Waals surface area contributed by atoms with Crippen LogP contribution in [0.25, 0.3) is 10.9 Å². The van der Waals surface area contributed by atoms with Crippen LogP contribution in [-0.4, -0.2) is 32.5 Å². The van der Waals surface area contributed by atoms with Gasteiger partial charge in [-0.15, -0.1) is 12.4 Å². The molecule has 0 amide bonds. The van der Waals surface area contributed by atoms with Crippen molar-refractivity contribution in [3.05, 3.63) is 36.5 Å². The summed E-state index contributed by atoms with van der Waals surface area (Å²) in [5.41, 5.74) is 0.690. The highest BCUT2D eigenvalue weighted by Gasteiger charge is 2.24. The number of aromatic nitrogens is 1. The van der Waals surface area contributed by atoms with Crippen molar-refractivity contribution in [1.82, 2.24) is 15.0 Å². The molecule has 5 nitrogen and oxygen atoms in total. The van der Waals surface area contributed by atoms with Gasteiger partial charge in [0.1, 0.15) is 0 Å². The molecule has 7 heteroatoms. The van der Waals surface area contributed by atoms with E-state index in [0.717, 1.165) is 13.0 Å². The maximum atomic E-state index is 12.4. The van der Waals surface area contributed by atoms with Crippen LogP contribution in [0.5, 0.6) is 0 Å². The van der Waals surface area contributed by atoms with E-state index in [1.54, 1.807) is 30.5 Å². The first-order valence-corrected chi connectivity index (χ1v) is 7.72. The van der Waals surface area contributed by atoms with Crippen LogP contribution in [0, 0.1) is 0 Å². The fourth-order valence-electron chi connectivity index (χ4n) is 2.35. The number of fused-ring (bicyclic) bond motifs is 1. The first-order chi connectivity index (χ1) is 9.17. The van der Waals surface area contributed by atoms with Gasteiger partial charge in [-0.2, -0.15) is 0 Å². The van der Waals surface area contributed by atoms with Gasteiger partial charge in [-0.1, -0.05) is 6.07 Å². The quantitative estimate of drug-likeness (QED) is 0.896. The maximum Gasteiger partial charge on any atom is 0.241 e. The van der Waals surface area contributed by atoms with Gasteiger partial charge in [0.05, 0.1) is 10.4 Å². The van der Waals surface area contributed by atoms with Gasteiger partial charge < -0.3 is 5.32 Å². The van der Waals surface area contributed by atoms with Crippen LogP contribution in [0.4, 0.5) is 0 Å². The lowest BCUT2D eigenvalue weighted by atomic mass is 10.2. The third kappa shape index (κ3) is 2.93. The summed E-state index contributed by atoms with van der Waals surface area (Å²) in [5, 5.41) is 3.80. The van der Waals surface area contributed by atoms with E-state index in [2.05, 4.69) is 15.0 Å². The first kappa shape index (κ1) is 15.2. The maximum absolute atomic E-state index is 12.4. The molecule has 1 atom stereocenters. The molecule has 1 aromatic carbocycles. The summed E-state index contributed by atoms with van der Waals surface area (Å²) in [6.45, 7) is 1.53. The summed E-state index contributed by atoms with van der Waals surface area (Å²) in [7, 11) is -3.50. The minimum Gasteiger partial charge on any atom is -0.315 e. The fourth-order valence-corrected chi connectivity index (χ4v) is 3.83. The number of nitrogens with one attached hydrogen (secondary N) is 2. The van der Waals surface area contributed by atoms with Crippen molar-refractivity contribution in [3.8, 4) is 0 Å². The lowest BCUT2D eigenvalue weighted by Crippen LogP contribution is -2.36. The molecule has 20 heavy (non-hydrogen) atoms. The molecule has 2 heterocycles. The summed E-state index contributed by atoms with van der Waals surface area (Å²) in [5.74, 6) is 0. The predicted molar refractivity (Wildman–Crippen MR) is 80.6 cm³/mol. The Morgan fingerprint density at radius 1 is 1.25 bits per heavy atom. The number of pyridine rings is 1. The monoisotopic (exact) mass is 313 g/mol. The van der Waals surface area contributed by atoms with Crippen LogP contribution >= 0.6 is 12.4 Å². The highest BCUT2D eigenvalue weighted by Crippen LogP contribution is 2.21. The summed E-state index contributed by atoms with van der Waals surface area (Å²) in [4.78, 5) is 4.48. The Balaban J connectivity index is 0.00000147. The molecule has 1 aromatic heterocycles. The second kappa shape index (κ2) is 6.05. The van der Waals surface area contributed by atoms with E-state index in [0.29, 0.717) is 22.3 Å². The highest BCUT2D eigenvalue weighted by molar-refractivity contribution is 7.89. The van der Waals surface area contributed by atoms with E-state index in [-0.39, 0.29) is 18.4 Å². The van der Waals surface area contributed by atoms with Gasteiger partial charge in [0.25, 0.3) is 0 Å². The molecule has 1 saturated heterocycles. The van der Waals surface area contributed by atoms with Crippen molar-refractivity contribution in [3.63, 3.8) is 0 Å². The van der Waals surface area contributed by atoms with Crippen molar-refractivity contribution in [2.24, 2.45) is 0 Å². The molecule has 0 bridgehead atoms. The molecule has 0 spiro atoms. The molecule has 0 radical (unpaired) electrons. The molecule has 1 unspecified atom stereocenters. The number of halogens is 1. The third-order valence-corrected chi connectivity index (χ3v) is 4.86.